The van der Waals surface area contributed by atoms with Gasteiger partial charge in [0.1, 0.15) is 11.9 Å². The summed E-state index contributed by atoms with van der Waals surface area (Å²) in [5, 5.41) is 9.46. The molecule has 0 saturated carbocycles. The molecule has 6 nitrogen and oxygen atoms in total. The molecule has 166 valence electrons. The number of halogens is 2. The molecule has 0 aliphatic heterocycles. The molecule has 3 aromatic heterocycles. The van der Waals surface area contributed by atoms with Crippen LogP contribution in [0, 0.1) is 24.9 Å². The third-order valence-corrected chi connectivity index (χ3v) is 4.80. The Morgan fingerprint density at radius 3 is 2.29 bits per heavy atom. The molecule has 1 N–H and O–H groups in total. The van der Waals surface area contributed by atoms with E-state index in [1.165, 1.54) is 6.07 Å². The fraction of sp³-hybridized carbons (Fsp3) is 0.273. The molecule has 9 heteroatoms. The van der Waals surface area contributed by atoms with E-state index in [2.05, 4.69) is 21.0 Å². The number of rotatable bonds is 5. The SMILES string of the molecule is Cc1cc(-c2[c-]cc(F)nc2F)nc(C(C)(C)c2cc(N(C)C)cc(C(=O)O)n2)c1.[Pt]. The number of aromatic carboxylic acids is 1. The van der Waals surface area contributed by atoms with Crippen LogP contribution in [-0.4, -0.2) is 40.1 Å². The topological polar surface area (TPSA) is 79.2 Å². The van der Waals surface area contributed by atoms with Crippen molar-refractivity contribution in [3.05, 3.63) is 70.9 Å². The first-order valence-electron chi connectivity index (χ1n) is 9.15. The number of aromatic nitrogens is 3. The molecule has 0 atom stereocenters. The van der Waals surface area contributed by atoms with Gasteiger partial charge in [-0.3, -0.25) is 4.98 Å². The average Bonchev–Trinajstić information content (AvgIpc) is 2.67. The largest absolute Gasteiger partial charge is 0.477 e. The van der Waals surface area contributed by atoms with Crippen molar-refractivity contribution in [2.45, 2.75) is 26.2 Å². The molecule has 0 aliphatic rings. The fourth-order valence-corrected chi connectivity index (χ4v) is 3.00. The second kappa shape index (κ2) is 9.18. The molecule has 31 heavy (non-hydrogen) atoms. The zero-order valence-corrected chi connectivity index (χ0v) is 19.9. The molecular weight excluding hydrogens is 585 g/mol. The molecule has 0 bridgehead atoms. The van der Waals surface area contributed by atoms with Gasteiger partial charge in [0.15, 0.2) is 5.69 Å². The standard InChI is InChI=1S/C22H21F2N4O2.Pt/c1-12-8-15(14-6-7-19(23)27-20(14)24)25-17(9-12)22(2,3)18-11-13(28(4)5)10-16(26-18)21(29)30;/h7-11H,1-5H3,(H,29,30);/q-1;. The third kappa shape index (κ3) is 5.13. The van der Waals surface area contributed by atoms with Gasteiger partial charge in [-0.15, -0.1) is 6.07 Å². The molecule has 0 saturated heterocycles. The summed E-state index contributed by atoms with van der Waals surface area (Å²) in [6, 6.07) is 10.3. The summed E-state index contributed by atoms with van der Waals surface area (Å²) in [6.45, 7) is 5.54. The van der Waals surface area contributed by atoms with Crippen molar-refractivity contribution < 1.29 is 39.7 Å². The normalized spacial score (nSPS) is 11.1. The van der Waals surface area contributed by atoms with Crippen molar-refractivity contribution in [3.63, 3.8) is 0 Å². The minimum absolute atomic E-state index is 0. The van der Waals surface area contributed by atoms with Crippen LogP contribution in [0.2, 0.25) is 0 Å². The average molecular weight is 607 g/mol. The van der Waals surface area contributed by atoms with Crippen molar-refractivity contribution in [1.82, 2.24) is 15.0 Å². The Balaban J connectivity index is 0.00000341. The van der Waals surface area contributed by atoms with Gasteiger partial charge in [-0.1, -0.05) is 23.3 Å². The van der Waals surface area contributed by atoms with Gasteiger partial charge in [0.25, 0.3) is 0 Å². The van der Waals surface area contributed by atoms with E-state index in [0.29, 0.717) is 17.1 Å². The minimum atomic E-state index is -1.14. The second-order valence-electron chi connectivity index (χ2n) is 7.72. The van der Waals surface area contributed by atoms with Crippen molar-refractivity contribution in [2.75, 3.05) is 19.0 Å². The quantitative estimate of drug-likeness (QED) is 0.350. The van der Waals surface area contributed by atoms with Gasteiger partial charge in [-0.2, -0.15) is 0 Å². The second-order valence-corrected chi connectivity index (χ2v) is 7.72. The maximum atomic E-state index is 14.2. The van der Waals surface area contributed by atoms with E-state index in [0.717, 1.165) is 11.6 Å². The summed E-state index contributed by atoms with van der Waals surface area (Å²) >= 11 is 0. The zero-order chi connectivity index (χ0) is 22.2. The van der Waals surface area contributed by atoms with Gasteiger partial charge in [0.2, 0.25) is 0 Å². The summed E-state index contributed by atoms with van der Waals surface area (Å²) < 4.78 is 27.4. The Hall–Kier alpha value is -2.73. The third-order valence-electron chi connectivity index (χ3n) is 4.80. The van der Waals surface area contributed by atoms with Gasteiger partial charge in [0.05, 0.1) is 5.69 Å². The maximum Gasteiger partial charge on any atom is 0.354 e. The Labute approximate surface area is 193 Å². The van der Waals surface area contributed by atoms with Crippen molar-refractivity contribution in [1.29, 1.82) is 0 Å². The van der Waals surface area contributed by atoms with Crippen LogP contribution in [-0.2, 0) is 26.5 Å². The van der Waals surface area contributed by atoms with E-state index in [-0.39, 0.29) is 38.0 Å². The number of nitrogens with zero attached hydrogens (tertiary/aromatic N) is 4. The summed E-state index contributed by atoms with van der Waals surface area (Å²) in [5.74, 6) is -3.10. The van der Waals surface area contributed by atoms with Crippen LogP contribution in [0.3, 0.4) is 0 Å². The predicted molar refractivity (Wildman–Crippen MR) is 109 cm³/mol. The fourth-order valence-electron chi connectivity index (χ4n) is 3.00. The van der Waals surface area contributed by atoms with Crippen LogP contribution in [0.4, 0.5) is 14.5 Å². The van der Waals surface area contributed by atoms with Gasteiger partial charge in [-0.25, -0.2) is 18.6 Å². The van der Waals surface area contributed by atoms with E-state index in [9.17, 15) is 18.7 Å². The van der Waals surface area contributed by atoms with E-state index >= 15 is 0 Å². The number of hydrogen-bond donors (Lipinski definition) is 1. The molecule has 0 amide bonds. The molecule has 3 aromatic rings. The summed E-state index contributed by atoms with van der Waals surface area (Å²) in [6.07, 6.45) is 0. The van der Waals surface area contributed by atoms with E-state index in [1.54, 1.807) is 31.1 Å². The monoisotopic (exact) mass is 606 g/mol. The Bertz CT molecular complexity index is 1140. The van der Waals surface area contributed by atoms with Crippen molar-refractivity contribution in [3.8, 4) is 11.3 Å². The number of carboxylic acids is 1. The first-order valence-corrected chi connectivity index (χ1v) is 9.15. The molecule has 0 unspecified atom stereocenters. The summed E-state index contributed by atoms with van der Waals surface area (Å²) in [4.78, 5) is 25.4. The summed E-state index contributed by atoms with van der Waals surface area (Å²) in [5.41, 5.74) is 1.85. The molecule has 0 spiro atoms. The van der Waals surface area contributed by atoms with Crippen LogP contribution in [0.5, 0.6) is 0 Å². The van der Waals surface area contributed by atoms with Gasteiger partial charge < -0.3 is 15.0 Å². The van der Waals surface area contributed by atoms with Crippen LogP contribution in [0.25, 0.3) is 11.3 Å². The van der Waals surface area contributed by atoms with E-state index in [1.807, 2.05) is 26.8 Å². The van der Waals surface area contributed by atoms with Gasteiger partial charge >= 0.3 is 5.97 Å². The Morgan fingerprint density at radius 2 is 1.71 bits per heavy atom. The number of hydrogen-bond acceptors (Lipinski definition) is 5. The smallest absolute Gasteiger partial charge is 0.354 e. The van der Waals surface area contributed by atoms with Crippen molar-refractivity contribution in [2.24, 2.45) is 0 Å². The molecule has 3 heterocycles. The van der Waals surface area contributed by atoms with Gasteiger partial charge in [-0.05, 0) is 44.7 Å². The number of aryl methyl sites for hydroxylation is 1. The molecule has 0 radical (unpaired) electrons. The Morgan fingerprint density at radius 1 is 1.06 bits per heavy atom. The summed E-state index contributed by atoms with van der Waals surface area (Å²) in [7, 11) is 3.61. The molecule has 0 aromatic carbocycles. The number of carboxylic acid groups (broad SMARTS) is 1. The minimum Gasteiger partial charge on any atom is -0.477 e. The maximum absolute atomic E-state index is 14.2. The van der Waals surface area contributed by atoms with E-state index < -0.39 is 23.3 Å². The number of pyridine rings is 3. The molecule has 0 fully saturated rings. The zero-order valence-electron chi connectivity index (χ0n) is 17.6. The van der Waals surface area contributed by atoms with Crippen LogP contribution in [0.1, 0.15) is 41.3 Å². The van der Waals surface area contributed by atoms with Crippen molar-refractivity contribution >= 4 is 11.7 Å². The Kier molecular flexibility index (Phi) is 7.27. The molecule has 0 aliphatic carbocycles. The molecular formula is C22H21F2N4O2Pt-. The van der Waals surface area contributed by atoms with E-state index in [4.69, 9.17) is 0 Å². The first kappa shape index (κ1) is 24.5. The van der Waals surface area contributed by atoms with Gasteiger partial charge in [0, 0.05) is 52.0 Å². The predicted octanol–water partition coefficient (Wildman–Crippen LogP) is 4.01. The van der Waals surface area contributed by atoms with Crippen LogP contribution in [0.15, 0.2) is 30.3 Å². The van der Waals surface area contributed by atoms with Crippen LogP contribution < -0.4 is 4.90 Å². The number of anilines is 1. The number of carbonyl (C=O) groups is 1. The molecule has 3 rings (SSSR count). The van der Waals surface area contributed by atoms with Crippen LogP contribution >= 0.6 is 0 Å². The first-order chi connectivity index (χ1) is 14.0.